The van der Waals surface area contributed by atoms with E-state index < -0.39 is 11.9 Å². The van der Waals surface area contributed by atoms with Crippen LogP contribution < -0.4 is 19.6 Å². The molecule has 3 rings (SSSR count). The largest absolute Gasteiger partial charge is 0.493 e. The molecule has 0 unspecified atom stereocenters. The van der Waals surface area contributed by atoms with Crippen LogP contribution in [0.5, 0.6) is 17.2 Å². The first-order valence-electron chi connectivity index (χ1n) is 10.0. The van der Waals surface area contributed by atoms with Crippen molar-refractivity contribution in [2.24, 2.45) is 5.10 Å². The standard InChI is InChI=1S/C25H23ClN2O5/c1-16-11-20(12-17(2)24(16)26)32-15-23(29)28-27-14-18-9-10-21(22(13-18)31-3)33-25(30)19-7-5-4-6-8-19/h4-14H,15H2,1-3H3,(H,28,29)/b27-14-. The number of nitrogens with zero attached hydrogens (tertiary/aromatic N) is 1. The molecule has 0 aliphatic carbocycles. The summed E-state index contributed by atoms with van der Waals surface area (Å²) in [5, 5.41) is 4.60. The Morgan fingerprint density at radius 2 is 1.70 bits per heavy atom. The summed E-state index contributed by atoms with van der Waals surface area (Å²) in [6.07, 6.45) is 1.44. The Hall–Kier alpha value is -3.84. The smallest absolute Gasteiger partial charge is 0.343 e. The van der Waals surface area contributed by atoms with E-state index >= 15 is 0 Å². The zero-order valence-electron chi connectivity index (χ0n) is 18.4. The number of nitrogens with one attached hydrogen (secondary N) is 1. The van der Waals surface area contributed by atoms with Gasteiger partial charge >= 0.3 is 5.97 Å². The van der Waals surface area contributed by atoms with E-state index in [2.05, 4.69) is 10.5 Å². The number of aryl methyl sites for hydroxylation is 2. The van der Waals surface area contributed by atoms with Crippen LogP contribution in [0.3, 0.4) is 0 Å². The van der Waals surface area contributed by atoms with Crippen molar-refractivity contribution in [3.05, 3.63) is 87.9 Å². The van der Waals surface area contributed by atoms with E-state index in [1.807, 2.05) is 19.9 Å². The van der Waals surface area contributed by atoms with Crippen molar-refractivity contribution in [1.29, 1.82) is 0 Å². The zero-order chi connectivity index (χ0) is 23.8. The highest BCUT2D eigenvalue weighted by atomic mass is 35.5. The Bertz CT molecular complexity index is 1160. The lowest BCUT2D eigenvalue weighted by atomic mass is 10.1. The van der Waals surface area contributed by atoms with Gasteiger partial charge in [-0.1, -0.05) is 29.8 Å². The van der Waals surface area contributed by atoms with Gasteiger partial charge in [-0.2, -0.15) is 5.10 Å². The van der Waals surface area contributed by atoms with E-state index in [-0.39, 0.29) is 12.4 Å². The Kier molecular flexibility index (Phi) is 8.05. The maximum atomic E-state index is 12.3. The predicted octanol–water partition coefficient (Wildman–Crippen LogP) is 4.71. The van der Waals surface area contributed by atoms with Gasteiger partial charge in [-0.15, -0.1) is 0 Å². The molecule has 1 amide bonds. The second-order valence-electron chi connectivity index (χ2n) is 7.12. The third-order valence-electron chi connectivity index (χ3n) is 4.58. The number of rotatable bonds is 8. The average molecular weight is 467 g/mol. The number of hydrogen-bond donors (Lipinski definition) is 1. The molecule has 0 spiro atoms. The lowest BCUT2D eigenvalue weighted by molar-refractivity contribution is -0.123. The van der Waals surface area contributed by atoms with Crippen molar-refractivity contribution < 1.29 is 23.8 Å². The van der Waals surface area contributed by atoms with Crippen LogP contribution in [-0.2, 0) is 4.79 Å². The van der Waals surface area contributed by atoms with Crippen LogP contribution in [0.1, 0.15) is 27.0 Å². The minimum Gasteiger partial charge on any atom is -0.493 e. The summed E-state index contributed by atoms with van der Waals surface area (Å²) in [5.74, 6) is 0.269. The monoisotopic (exact) mass is 466 g/mol. The van der Waals surface area contributed by atoms with E-state index in [1.165, 1.54) is 13.3 Å². The third kappa shape index (κ3) is 6.57. The SMILES string of the molecule is COc1cc(/C=N\NC(=O)COc2cc(C)c(Cl)c(C)c2)ccc1OC(=O)c1ccccc1. The summed E-state index contributed by atoms with van der Waals surface area (Å²) in [5.41, 5.74) is 5.21. The van der Waals surface area contributed by atoms with Gasteiger partial charge in [0.05, 0.1) is 18.9 Å². The molecule has 0 aliphatic rings. The average Bonchev–Trinajstić information content (AvgIpc) is 2.82. The fraction of sp³-hybridized carbons (Fsp3) is 0.160. The van der Waals surface area contributed by atoms with Crippen LogP contribution in [-0.4, -0.2) is 31.8 Å². The molecule has 7 nitrogen and oxygen atoms in total. The number of halogens is 1. The molecule has 170 valence electrons. The van der Waals surface area contributed by atoms with Gasteiger partial charge < -0.3 is 14.2 Å². The van der Waals surface area contributed by atoms with Gasteiger partial charge in [0.2, 0.25) is 0 Å². The molecule has 0 aromatic heterocycles. The number of benzene rings is 3. The molecule has 0 radical (unpaired) electrons. The van der Waals surface area contributed by atoms with Crippen molar-refractivity contribution in [1.82, 2.24) is 5.43 Å². The van der Waals surface area contributed by atoms with Gasteiger partial charge in [-0.3, -0.25) is 4.79 Å². The Balaban J connectivity index is 1.56. The fourth-order valence-electron chi connectivity index (χ4n) is 2.93. The van der Waals surface area contributed by atoms with Gasteiger partial charge in [0, 0.05) is 5.02 Å². The Labute approximate surface area is 196 Å². The summed E-state index contributed by atoms with van der Waals surface area (Å²) in [6, 6.07) is 17.1. The second-order valence-corrected chi connectivity index (χ2v) is 7.50. The molecule has 3 aromatic carbocycles. The van der Waals surface area contributed by atoms with E-state index in [0.29, 0.717) is 27.6 Å². The van der Waals surface area contributed by atoms with Gasteiger partial charge in [0.15, 0.2) is 18.1 Å². The second kappa shape index (κ2) is 11.2. The van der Waals surface area contributed by atoms with E-state index in [9.17, 15) is 9.59 Å². The lowest BCUT2D eigenvalue weighted by Gasteiger charge is -2.10. The molecule has 0 saturated heterocycles. The molecule has 33 heavy (non-hydrogen) atoms. The summed E-state index contributed by atoms with van der Waals surface area (Å²) < 4.78 is 16.2. The summed E-state index contributed by atoms with van der Waals surface area (Å²) in [4.78, 5) is 24.3. The number of methoxy groups -OCH3 is 1. The van der Waals surface area contributed by atoms with Crippen molar-refractivity contribution in [2.45, 2.75) is 13.8 Å². The van der Waals surface area contributed by atoms with Crippen LogP contribution >= 0.6 is 11.6 Å². The number of hydrazone groups is 1. The normalized spacial score (nSPS) is 10.7. The molecule has 0 bridgehead atoms. The number of carbonyl (C=O) groups excluding carboxylic acids is 2. The molecule has 8 heteroatoms. The first-order chi connectivity index (χ1) is 15.9. The maximum absolute atomic E-state index is 12.3. The Morgan fingerprint density at radius 3 is 2.36 bits per heavy atom. The molecule has 0 heterocycles. The van der Waals surface area contributed by atoms with Gasteiger partial charge in [0.1, 0.15) is 5.75 Å². The summed E-state index contributed by atoms with van der Waals surface area (Å²) >= 11 is 6.14. The molecule has 0 fully saturated rings. The number of esters is 1. The molecular formula is C25H23ClN2O5. The van der Waals surface area contributed by atoms with E-state index in [0.717, 1.165) is 11.1 Å². The highest BCUT2D eigenvalue weighted by Crippen LogP contribution is 2.28. The quantitative estimate of drug-likeness (QED) is 0.225. The molecule has 0 atom stereocenters. The Morgan fingerprint density at radius 1 is 1.00 bits per heavy atom. The van der Waals surface area contributed by atoms with E-state index in [4.69, 9.17) is 25.8 Å². The first-order valence-corrected chi connectivity index (χ1v) is 10.4. The molecular weight excluding hydrogens is 444 g/mol. The molecule has 3 aromatic rings. The number of carbonyl (C=O) groups is 2. The minimum atomic E-state index is -0.492. The van der Waals surface area contributed by atoms with Gasteiger partial charge in [-0.25, -0.2) is 10.2 Å². The number of ether oxygens (including phenoxy) is 3. The fourth-order valence-corrected chi connectivity index (χ4v) is 3.04. The third-order valence-corrected chi connectivity index (χ3v) is 5.18. The number of hydrogen-bond acceptors (Lipinski definition) is 6. The highest BCUT2D eigenvalue weighted by Gasteiger charge is 2.12. The maximum Gasteiger partial charge on any atom is 0.343 e. The summed E-state index contributed by atoms with van der Waals surface area (Å²) in [7, 11) is 1.47. The molecule has 0 saturated carbocycles. The van der Waals surface area contributed by atoms with Gasteiger partial charge in [0.25, 0.3) is 5.91 Å². The van der Waals surface area contributed by atoms with Crippen molar-refractivity contribution in [3.63, 3.8) is 0 Å². The van der Waals surface area contributed by atoms with Crippen molar-refractivity contribution in [2.75, 3.05) is 13.7 Å². The topological polar surface area (TPSA) is 86.2 Å². The first kappa shape index (κ1) is 23.8. The number of amides is 1. The van der Waals surface area contributed by atoms with Crippen LogP contribution in [0.25, 0.3) is 0 Å². The van der Waals surface area contributed by atoms with Crippen LogP contribution in [0.15, 0.2) is 65.8 Å². The predicted molar refractivity (Wildman–Crippen MR) is 127 cm³/mol. The minimum absolute atomic E-state index is 0.199. The van der Waals surface area contributed by atoms with Crippen molar-refractivity contribution in [3.8, 4) is 17.2 Å². The molecule has 0 aliphatic heterocycles. The zero-order valence-corrected chi connectivity index (χ0v) is 19.2. The van der Waals surface area contributed by atoms with Crippen LogP contribution in [0.4, 0.5) is 0 Å². The highest BCUT2D eigenvalue weighted by molar-refractivity contribution is 6.32. The van der Waals surface area contributed by atoms with Crippen molar-refractivity contribution >= 4 is 29.7 Å². The summed E-state index contributed by atoms with van der Waals surface area (Å²) in [6.45, 7) is 3.54. The molecule has 1 N–H and O–H groups in total. The van der Waals surface area contributed by atoms with Gasteiger partial charge in [-0.05, 0) is 73.0 Å². The van der Waals surface area contributed by atoms with Crippen LogP contribution in [0.2, 0.25) is 5.02 Å². The lowest BCUT2D eigenvalue weighted by Crippen LogP contribution is -2.24. The van der Waals surface area contributed by atoms with Crippen LogP contribution in [0, 0.1) is 13.8 Å². The van der Waals surface area contributed by atoms with E-state index in [1.54, 1.807) is 54.6 Å².